The highest BCUT2D eigenvalue weighted by molar-refractivity contribution is 6.00. The van der Waals surface area contributed by atoms with Crippen molar-refractivity contribution >= 4 is 11.8 Å². The van der Waals surface area contributed by atoms with Gasteiger partial charge >= 0.3 is 5.97 Å². The molecule has 11 heavy (non-hydrogen) atoms. The molecular formula is C7H10O4. The SMILES string of the molecule is CCOC(=O)[C@H]1COCC1=O. The van der Waals surface area contributed by atoms with Gasteiger partial charge in [0.15, 0.2) is 5.78 Å². The van der Waals surface area contributed by atoms with Crippen LogP contribution in [-0.4, -0.2) is 31.6 Å². The van der Waals surface area contributed by atoms with Crippen LogP contribution >= 0.6 is 0 Å². The number of Topliss-reactive ketones (excluding diaryl/α,β-unsaturated/α-hetero) is 1. The average molecular weight is 158 g/mol. The van der Waals surface area contributed by atoms with Crippen LogP contribution < -0.4 is 0 Å². The van der Waals surface area contributed by atoms with Gasteiger partial charge < -0.3 is 9.47 Å². The van der Waals surface area contributed by atoms with Gasteiger partial charge in [0.2, 0.25) is 0 Å². The molecule has 1 saturated heterocycles. The second-order valence-electron chi connectivity index (χ2n) is 2.29. The molecule has 1 rings (SSSR count). The van der Waals surface area contributed by atoms with Gasteiger partial charge in [0.05, 0.1) is 13.2 Å². The molecule has 0 radical (unpaired) electrons. The Morgan fingerprint density at radius 3 is 3.00 bits per heavy atom. The van der Waals surface area contributed by atoms with Crippen molar-refractivity contribution in [2.75, 3.05) is 19.8 Å². The molecule has 1 fully saturated rings. The molecule has 0 unspecified atom stereocenters. The normalized spacial score (nSPS) is 23.7. The highest BCUT2D eigenvalue weighted by Crippen LogP contribution is 2.09. The van der Waals surface area contributed by atoms with E-state index < -0.39 is 11.9 Å². The van der Waals surface area contributed by atoms with E-state index in [9.17, 15) is 9.59 Å². The van der Waals surface area contributed by atoms with E-state index in [-0.39, 0.29) is 19.0 Å². The number of carbonyl (C=O) groups excluding carboxylic acids is 2. The maximum absolute atomic E-state index is 10.9. The smallest absolute Gasteiger partial charge is 0.318 e. The van der Waals surface area contributed by atoms with Crippen LogP contribution in [0, 0.1) is 5.92 Å². The number of hydrogen-bond donors (Lipinski definition) is 0. The van der Waals surface area contributed by atoms with Crippen LogP contribution in [0.5, 0.6) is 0 Å². The van der Waals surface area contributed by atoms with Crippen LogP contribution in [0.15, 0.2) is 0 Å². The zero-order chi connectivity index (χ0) is 8.27. The molecule has 0 bridgehead atoms. The Morgan fingerprint density at radius 2 is 2.55 bits per heavy atom. The zero-order valence-electron chi connectivity index (χ0n) is 6.33. The molecule has 4 heteroatoms. The Labute approximate surface area is 64.5 Å². The molecule has 1 atom stereocenters. The summed E-state index contributed by atoms with van der Waals surface area (Å²) in [6, 6.07) is 0. The van der Waals surface area contributed by atoms with E-state index in [0.29, 0.717) is 6.61 Å². The fourth-order valence-corrected chi connectivity index (χ4v) is 0.913. The van der Waals surface area contributed by atoms with Gasteiger partial charge in [-0.2, -0.15) is 0 Å². The summed E-state index contributed by atoms with van der Waals surface area (Å²) in [5.41, 5.74) is 0. The molecule has 0 aromatic carbocycles. The first kappa shape index (κ1) is 8.20. The lowest BCUT2D eigenvalue weighted by atomic mass is 10.1. The first-order chi connectivity index (χ1) is 5.25. The van der Waals surface area contributed by atoms with Gasteiger partial charge in [-0.05, 0) is 6.92 Å². The molecule has 4 nitrogen and oxygen atoms in total. The maximum atomic E-state index is 10.9. The second-order valence-corrected chi connectivity index (χ2v) is 2.29. The van der Waals surface area contributed by atoms with Gasteiger partial charge in [-0.15, -0.1) is 0 Å². The molecule has 0 amide bonds. The summed E-state index contributed by atoms with van der Waals surface area (Å²) in [7, 11) is 0. The van der Waals surface area contributed by atoms with Gasteiger partial charge in [-0.25, -0.2) is 0 Å². The third kappa shape index (κ3) is 1.77. The minimum Gasteiger partial charge on any atom is -0.465 e. The minimum absolute atomic E-state index is 0.0451. The molecule has 1 aliphatic rings. The summed E-state index contributed by atoms with van der Waals surface area (Å²) in [5, 5.41) is 0. The first-order valence-electron chi connectivity index (χ1n) is 3.52. The average Bonchev–Trinajstić information content (AvgIpc) is 2.36. The van der Waals surface area contributed by atoms with Gasteiger partial charge in [-0.1, -0.05) is 0 Å². The summed E-state index contributed by atoms with van der Waals surface area (Å²) in [5.74, 6) is -1.31. The number of ether oxygens (including phenoxy) is 2. The fraction of sp³-hybridized carbons (Fsp3) is 0.714. The van der Waals surface area contributed by atoms with Crippen molar-refractivity contribution in [3.05, 3.63) is 0 Å². The van der Waals surface area contributed by atoms with Crippen molar-refractivity contribution < 1.29 is 19.1 Å². The summed E-state index contributed by atoms with van der Waals surface area (Å²) in [4.78, 5) is 21.8. The van der Waals surface area contributed by atoms with Crippen LogP contribution in [0.3, 0.4) is 0 Å². The molecular weight excluding hydrogens is 148 g/mol. The lowest BCUT2D eigenvalue weighted by Gasteiger charge is -2.03. The number of ketones is 1. The van der Waals surface area contributed by atoms with E-state index in [1.54, 1.807) is 6.92 Å². The molecule has 0 aliphatic carbocycles. The third-order valence-electron chi connectivity index (χ3n) is 1.49. The molecule has 0 aromatic rings. The quantitative estimate of drug-likeness (QED) is 0.411. The third-order valence-corrected chi connectivity index (χ3v) is 1.49. The molecule has 0 N–H and O–H groups in total. The van der Waals surface area contributed by atoms with E-state index in [0.717, 1.165) is 0 Å². The minimum atomic E-state index is -0.671. The van der Waals surface area contributed by atoms with Crippen LogP contribution in [0.2, 0.25) is 0 Å². The first-order valence-corrected chi connectivity index (χ1v) is 3.52. The van der Waals surface area contributed by atoms with Crippen LogP contribution in [0.1, 0.15) is 6.92 Å². The second kappa shape index (κ2) is 3.48. The van der Waals surface area contributed by atoms with Crippen molar-refractivity contribution in [1.82, 2.24) is 0 Å². The molecule has 0 saturated carbocycles. The Balaban J connectivity index is 2.46. The number of carbonyl (C=O) groups is 2. The summed E-state index contributed by atoms with van der Waals surface area (Å²) in [6.45, 7) is 2.24. The summed E-state index contributed by atoms with van der Waals surface area (Å²) < 4.78 is 9.44. The highest BCUT2D eigenvalue weighted by atomic mass is 16.5. The van der Waals surface area contributed by atoms with E-state index in [1.807, 2.05) is 0 Å². The molecule has 62 valence electrons. The topological polar surface area (TPSA) is 52.6 Å². The monoisotopic (exact) mass is 158 g/mol. The number of hydrogen-bond acceptors (Lipinski definition) is 4. The van der Waals surface area contributed by atoms with Crippen LogP contribution in [0.25, 0.3) is 0 Å². The lowest BCUT2D eigenvalue weighted by Crippen LogP contribution is -2.24. The largest absolute Gasteiger partial charge is 0.465 e. The van der Waals surface area contributed by atoms with Crippen molar-refractivity contribution in [2.24, 2.45) is 5.92 Å². The van der Waals surface area contributed by atoms with Crippen molar-refractivity contribution in [3.8, 4) is 0 Å². The predicted molar refractivity (Wildman–Crippen MR) is 35.9 cm³/mol. The molecule has 1 heterocycles. The fourth-order valence-electron chi connectivity index (χ4n) is 0.913. The van der Waals surface area contributed by atoms with E-state index in [1.165, 1.54) is 0 Å². The molecule has 0 aromatic heterocycles. The number of esters is 1. The Kier molecular flexibility index (Phi) is 2.59. The van der Waals surface area contributed by atoms with Gasteiger partial charge in [0, 0.05) is 0 Å². The lowest BCUT2D eigenvalue weighted by molar-refractivity contribution is -0.150. The molecule has 1 aliphatic heterocycles. The van der Waals surface area contributed by atoms with Crippen LogP contribution in [0.4, 0.5) is 0 Å². The highest BCUT2D eigenvalue weighted by Gasteiger charge is 2.32. The molecule has 0 spiro atoms. The number of rotatable bonds is 2. The van der Waals surface area contributed by atoms with E-state index >= 15 is 0 Å². The van der Waals surface area contributed by atoms with Crippen LogP contribution in [-0.2, 0) is 19.1 Å². The van der Waals surface area contributed by atoms with Crippen molar-refractivity contribution in [1.29, 1.82) is 0 Å². The maximum Gasteiger partial charge on any atom is 0.318 e. The Bertz CT molecular complexity index is 175. The Morgan fingerprint density at radius 1 is 1.82 bits per heavy atom. The zero-order valence-corrected chi connectivity index (χ0v) is 6.33. The standard InChI is InChI=1S/C7H10O4/c1-2-11-7(9)5-3-10-4-6(5)8/h5H,2-4H2,1H3/t5-/m0/s1. The Hall–Kier alpha value is -0.900. The van der Waals surface area contributed by atoms with Crippen molar-refractivity contribution in [3.63, 3.8) is 0 Å². The van der Waals surface area contributed by atoms with Gasteiger partial charge in [-0.3, -0.25) is 9.59 Å². The van der Waals surface area contributed by atoms with Crippen molar-refractivity contribution in [2.45, 2.75) is 6.92 Å². The van der Waals surface area contributed by atoms with E-state index in [4.69, 9.17) is 4.74 Å². The van der Waals surface area contributed by atoms with Gasteiger partial charge in [0.25, 0.3) is 0 Å². The van der Waals surface area contributed by atoms with E-state index in [2.05, 4.69) is 4.74 Å². The summed E-state index contributed by atoms with van der Waals surface area (Å²) in [6.07, 6.45) is 0. The van der Waals surface area contributed by atoms with Gasteiger partial charge in [0.1, 0.15) is 12.5 Å². The predicted octanol–water partition coefficient (Wildman–Crippen LogP) is -0.235. The summed E-state index contributed by atoms with van der Waals surface area (Å²) >= 11 is 0.